The lowest BCUT2D eigenvalue weighted by Gasteiger charge is -2.34. The highest BCUT2D eigenvalue weighted by molar-refractivity contribution is 7.91. The van der Waals surface area contributed by atoms with Crippen LogP contribution >= 0.6 is 11.3 Å². The number of para-hydroxylation sites is 1. The SMILES string of the molecule is Cc1ccc(C(=O)N2CCN(c3nc4c(S(C)(=O)=O)cccc4s3)CC2)c(C)c1. The number of amides is 1. The van der Waals surface area contributed by atoms with Gasteiger partial charge in [0.2, 0.25) is 0 Å². The number of thiazole rings is 1. The summed E-state index contributed by atoms with van der Waals surface area (Å²) in [5.74, 6) is 0.0609. The van der Waals surface area contributed by atoms with E-state index in [0.29, 0.717) is 31.7 Å². The van der Waals surface area contributed by atoms with Gasteiger partial charge in [0.25, 0.3) is 5.91 Å². The van der Waals surface area contributed by atoms with Gasteiger partial charge in [-0.2, -0.15) is 0 Å². The molecule has 6 nitrogen and oxygen atoms in total. The summed E-state index contributed by atoms with van der Waals surface area (Å²) in [5, 5.41) is 0.801. The van der Waals surface area contributed by atoms with Crippen molar-refractivity contribution in [2.45, 2.75) is 18.7 Å². The highest BCUT2D eigenvalue weighted by Crippen LogP contribution is 2.33. The minimum Gasteiger partial charge on any atom is -0.345 e. The fourth-order valence-corrected chi connectivity index (χ4v) is 5.61. The number of benzene rings is 2. The summed E-state index contributed by atoms with van der Waals surface area (Å²) >= 11 is 1.49. The first kappa shape index (κ1) is 19.8. The second kappa shape index (κ2) is 7.42. The van der Waals surface area contributed by atoms with Crippen molar-refractivity contribution >= 4 is 42.4 Å². The minimum atomic E-state index is -3.33. The normalized spacial score (nSPS) is 15.1. The number of nitrogens with zero attached hydrogens (tertiary/aromatic N) is 3. The molecule has 0 aliphatic carbocycles. The zero-order chi connectivity index (χ0) is 20.8. The molecule has 152 valence electrons. The predicted molar refractivity (Wildman–Crippen MR) is 117 cm³/mol. The van der Waals surface area contributed by atoms with Gasteiger partial charge >= 0.3 is 0 Å². The van der Waals surface area contributed by atoms with Crippen LogP contribution in [0.25, 0.3) is 10.2 Å². The summed E-state index contributed by atoms with van der Waals surface area (Å²) in [6.07, 6.45) is 1.21. The number of fused-ring (bicyclic) bond motifs is 1. The summed E-state index contributed by atoms with van der Waals surface area (Å²) in [6, 6.07) is 11.1. The molecule has 0 radical (unpaired) electrons. The molecule has 0 saturated carbocycles. The summed E-state index contributed by atoms with van der Waals surface area (Å²) < 4.78 is 24.9. The average Bonchev–Trinajstić information content (AvgIpc) is 3.11. The number of hydrogen-bond donors (Lipinski definition) is 0. The molecule has 2 aromatic carbocycles. The average molecular weight is 430 g/mol. The zero-order valence-corrected chi connectivity index (χ0v) is 18.3. The number of rotatable bonds is 3. The Labute approximate surface area is 174 Å². The molecule has 1 aromatic heterocycles. The first-order chi connectivity index (χ1) is 13.7. The van der Waals surface area contributed by atoms with Crippen molar-refractivity contribution in [3.8, 4) is 0 Å². The van der Waals surface area contributed by atoms with Crippen molar-refractivity contribution in [1.29, 1.82) is 0 Å². The molecule has 4 rings (SSSR count). The van der Waals surface area contributed by atoms with E-state index in [9.17, 15) is 13.2 Å². The standard InChI is InChI=1S/C21H23N3O3S2/c1-14-7-8-16(15(2)13-14)20(25)23-9-11-24(12-10-23)21-22-19-17(28-21)5-4-6-18(19)29(3,26)27/h4-8,13H,9-12H2,1-3H3. The molecular weight excluding hydrogens is 406 g/mol. The second-order valence-electron chi connectivity index (χ2n) is 7.47. The molecule has 0 atom stereocenters. The summed E-state index contributed by atoms with van der Waals surface area (Å²) in [5.41, 5.74) is 3.43. The van der Waals surface area contributed by atoms with Crippen LogP contribution in [0.4, 0.5) is 5.13 Å². The van der Waals surface area contributed by atoms with Crippen LogP contribution in [-0.4, -0.2) is 56.6 Å². The van der Waals surface area contributed by atoms with Crippen molar-refractivity contribution in [3.05, 3.63) is 53.1 Å². The lowest BCUT2D eigenvalue weighted by Crippen LogP contribution is -2.48. The van der Waals surface area contributed by atoms with Gasteiger partial charge in [-0.1, -0.05) is 35.1 Å². The first-order valence-electron chi connectivity index (χ1n) is 9.45. The van der Waals surface area contributed by atoms with Crippen LogP contribution in [0, 0.1) is 13.8 Å². The Bertz CT molecular complexity index is 1190. The Hall–Kier alpha value is -2.45. The van der Waals surface area contributed by atoms with Crippen LogP contribution in [0.1, 0.15) is 21.5 Å². The van der Waals surface area contributed by atoms with Crippen LogP contribution in [-0.2, 0) is 9.84 Å². The molecule has 1 aliphatic rings. The molecule has 2 heterocycles. The van der Waals surface area contributed by atoms with Crippen LogP contribution in [0.2, 0.25) is 0 Å². The monoisotopic (exact) mass is 429 g/mol. The maximum Gasteiger partial charge on any atom is 0.254 e. The largest absolute Gasteiger partial charge is 0.345 e. The number of carbonyl (C=O) groups is 1. The maximum atomic E-state index is 12.9. The quantitative estimate of drug-likeness (QED) is 0.639. The molecular formula is C21H23N3O3S2. The van der Waals surface area contributed by atoms with Gasteiger partial charge in [0.15, 0.2) is 15.0 Å². The molecule has 0 N–H and O–H groups in total. The van der Waals surface area contributed by atoms with E-state index in [2.05, 4.69) is 9.88 Å². The Morgan fingerprint density at radius 1 is 1.07 bits per heavy atom. The van der Waals surface area contributed by atoms with Gasteiger partial charge in [-0.3, -0.25) is 4.79 Å². The van der Waals surface area contributed by atoms with E-state index in [4.69, 9.17) is 0 Å². The molecule has 8 heteroatoms. The topological polar surface area (TPSA) is 70.6 Å². The Morgan fingerprint density at radius 2 is 1.79 bits per heavy atom. The van der Waals surface area contributed by atoms with E-state index in [-0.39, 0.29) is 10.8 Å². The Morgan fingerprint density at radius 3 is 2.45 bits per heavy atom. The van der Waals surface area contributed by atoms with E-state index >= 15 is 0 Å². The molecule has 3 aromatic rings. The summed E-state index contributed by atoms with van der Waals surface area (Å²) in [4.78, 5) is 21.8. The number of piperazine rings is 1. The van der Waals surface area contributed by atoms with Gasteiger partial charge < -0.3 is 9.80 Å². The first-order valence-corrected chi connectivity index (χ1v) is 12.2. The Kier molecular flexibility index (Phi) is 5.08. The number of carbonyl (C=O) groups excluding carboxylic acids is 1. The number of sulfone groups is 1. The third-order valence-corrected chi connectivity index (χ3v) is 7.43. The number of aryl methyl sites for hydroxylation is 2. The molecule has 0 bridgehead atoms. The fraction of sp³-hybridized carbons (Fsp3) is 0.333. The third-order valence-electron chi connectivity index (χ3n) is 5.22. The molecule has 0 spiro atoms. The van der Waals surface area contributed by atoms with Gasteiger partial charge in [0.05, 0.1) is 9.60 Å². The van der Waals surface area contributed by atoms with Crippen LogP contribution in [0.15, 0.2) is 41.3 Å². The predicted octanol–water partition coefficient (Wildman–Crippen LogP) is 3.28. The lowest BCUT2D eigenvalue weighted by molar-refractivity contribution is 0.0746. The summed E-state index contributed by atoms with van der Waals surface area (Å²) in [7, 11) is -3.33. The smallest absolute Gasteiger partial charge is 0.254 e. The Balaban J connectivity index is 1.52. The van der Waals surface area contributed by atoms with Crippen molar-refractivity contribution < 1.29 is 13.2 Å². The van der Waals surface area contributed by atoms with E-state index in [1.165, 1.54) is 17.6 Å². The van der Waals surface area contributed by atoms with Crippen LogP contribution in [0.5, 0.6) is 0 Å². The molecule has 0 unspecified atom stereocenters. The van der Waals surface area contributed by atoms with Crippen molar-refractivity contribution in [3.63, 3.8) is 0 Å². The van der Waals surface area contributed by atoms with E-state index in [0.717, 1.165) is 26.5 Å². The fourth-order valence-electron chi connectivity index (χ4n) is 3.67. The lowest BCUT2D eigenvalue weighted by atomic mass is 10.0. The zero-order valence-electron chi connectivity index (χ0n) is 16.7. The number of hydrogen-bond acceptors (Lipinski definition) is 6. The van der Waals surface area contributed by atoms with Crippen LogP contribution < -0.4 is 4.90 Å². The molecule has 1 aliphatic heterocycles. The number of aromatic nitrogens is 1. The summed E-state index contributed by atoms with van der Waals surface area (Å²) in [6.45, 7) is 6.56. The van der Waals surface area contributed by atoms with Crippen molar-refractivity contribution in [2.24, 2.45) is 0 Å². The van der Waals surface area contributed by atoms with E-state index in [1.807, 2.05) is 43.0 Å². The maximum absolute atomic E-state index is 12.9. The highest BCUT2D eigenvalue weighted by atomic mass is 32.2. The molecule has 1 amide bonds. The van der Waals surface area contributed by atoms with Gasteiger partial charge in [-0.25, -0.2) is 13.4 Å². The van der Waals surface area contributed by atoms with Crippen molar-refractivity contribution in [1.82, 2.24) is 9.88 Å². The van der Waals surface area contributed by atoms with E-state index in [1.54, 1.807) is 12.1 Å². The third kappa shape index (κ3) is 3.86. The minimum absolute atomic E-state index is 0.0609. The second-order valence-corrected chi connectivity index (χ2v) is 10.5. The van der Waals surface area contributed by atoms with Gasteiger partial charge in [-0.15, -0.1) is 0 Å². The van der Waals surface area contributed by atoms with Gasteiger partial charge in [0.1, 0.15) is 5.52 Å². The number of anilines is 1. The molecule has 1 saturated heterocycles. The van der Waals surface area contributed by atoms with Gasteiger partial charge in [0, 0.05) is 38.0 Å². The molecule has 29 heavy (non-hydrogen) atoms. The highest BCUT2D eigenvalue weighted by Gasteiger charge is 2.25. The van der Waals surface area contributed by atoms with Crippen molar-refractivity contribution in [2.75, 3.05) is 37.3 Å². The van der Waals surface area contributed by atoms with Gasteiger partial charge in [-0.05, 0) is 37.6 Å². The molecule has 1 fully saturated rings. The van der Waals surface area contributed by atoms with Crippen LogP contribution in [0.3, 0.4) is 0 Å². The van der Waals surface area contributed by atoms with E-state index < -0.39 is 9.84 Å².